The highest BCUT2D eigenvalue weighted by Crippen LogP contribution is 2.25. The molecule has 2 N–H and O–H groups in total. The normalized spacial score (nSPS) is 12.1. The predicted octanol–water partition coefficient (Wildman–Crippen LogP) is 2.05. The van der Waals surface area contributed by atoms with E-state index >= 15 is 0 Å². The van der Waals surface area contributed by atoms with Crippen molar-refractivity contribution in [2.75, 3.05) is 27.2 Å². The first kappa shape index (κ1) is 16.0. The van der Waals surface area contributed by atoms with Crippen LogP contribution in [-0.2, 0) is 11.2 Å². The second-order valence-electron chi connectivity index (χ2n) is 4.76. The molecule has 1 rings (SSSR count). The Labute approximate surface area is 123 Å². The average molecular weight is 329 g/mol. The smallest absolute Gasteiger partial charge is 0.226 e. The van der Waals surface area contributed by atoms with Gasteiger partial charge in [-0.2, -0.15) is 0 Å². The highest BCUT2D eigenvalue weighted by Gasteiger charge is 2.13. The van der Waals surface area contributed by atoms with Crippen molar-refractivity contribution in [2.24, 2.45) is 11.7 Å². The summed E-state index contributed by atoms with van der Waals surface area (Å²) < 4.78 is 6.02. The van der Waals surface area contributed by atoms with Crippen LogP contribution >= 0.6 is 15.9 Å². The van der Waals surface area contributed by atoms with Crippen LogP contribution in [0.1, 0.15) is 12.5 Å². The molecule has 0 aliphatic rings. The number of halogens is 1. The summed E-state index contributed by atoms with van der Waals surface area (Å²) in [6.45, 7) is 3.31. The largest absolute Gasteiger partial charge is 0.496 e. The van der Waals surface area contributed by atoms with E-state index in [9.17, 15) is 4.79 Å². The summed E-state index contributed by atoms with van der Waals surface area (Å²) in [6, 6.07) is 5.67. The van der Waals surface area contributed by atoms with Gasteiger partial charge < -0.3 is 15.4 Å². The zero-order valence-corrected chi connectivity index (χ0v) is 13.2. The van der Waals surface area contributed by atoms with E-state index in [1.165, 1.54) is 0 Å². The number of rotatable bonds is 6. The van der Waals surface area contributed by atoms with Crippen LogP contribution in [0.4, 0.5) is 0 Å². The number of hydrogen-bond donors (Lipinski definition) is 1. The van der Waals surface area contributed by atoms with Crippen LogP contribution in [-0.4, -0.2) is 38.1 Å². The van der Waals surface area contributed by atoms with Crippen molar-refractivity contribution in [1.29, 1.82) is 0 Å². The lowest BCUT2D eigenvalue weighted by molar-refractivity contribution is -0.129. The van der Waals surface area contributed by atoms with Crippen molar-refractivity contribution in [3.05, 3.63) is 28.2 Å². The van der Waals surface area contributed by atoms with Gasteiger partial charge in [0.2, 0.25) is 5.91 Å². The minimum absolute atomic E-state index is 0.0948. The fourth-order valence-electron chi connectivity index (χ4n) is 1.77. The van der Waals surface area contributed by atoms with E-state index in [-0.39, 0.29) is 5.91 Å². The van der Waals surface area contributed by atoms with E-state index in [1.807, 2.05) is 32.2 Å². The van der Waals surface area contributed by atoms with Crippen molar-refractivity contribution < 1.29 is 9.53 Å². The van der Waals surface area contributed by atoms with Crippen LogP contribution < -0.4 is 10.5 Å². The molecule has 1 aromatic rings. The van der Waals surface area contributed by atoms with Gasteiger partial charge in [-0.1, -0.05) is 13.0 Å². The minimum atomic E-state index is 0.0948. The molecule has 4 nitrogen and oxygen atoms in total. The molecule has 106 valence electrons. The summed E-state index contributed by atoms with van der Waals surface area (Å²) in [7, 11) is 3.43. The minimum Gasteiger partial charge on any atom is -0.496 e. The molecule has 1 atom stereocenters. The van der Waals surface area contributed by atoms with Crippen LogP contribution in [0.2, 0.25) is 0 Å². The molecule has 1 aromatic carbocycles. The molecule has 19 heavy (non-hydrogen) atoms. The standard InChI is InChI=1S/C14H21BrN2O2/c1-10(8-16)9-17(2)14(18)7-11-4-5-13(19-3)12(15)6-11/h4-6,10H,7-9,16H2,1-3H3. The van der Waals surface area contributed by atoms with Gasteiger partial charge in [0.25, 0.3) is 0 Å². The van der Waals surface area contributed by atoms with Crippen LogP contribution in [0.25, 0.3) is 0 Å². The van der Waals surface area contributed by atoms with E-state index < -0.39 is 0 Å². The van der Waals surface area contributed by atoms with Gasteiger partial charge in [-0.3, -0.25) is 4.79 Å². The molecule has 0 saturated heterocycles. The number of methoxy groups -OCH3 is 1. The molecule has 0 spiro atoms. The van der Waals surface area contributed by atoms with Crippen molar-refractivity contribution >= 4 is 21.8 Å². The molecule has 5 heteroatoms. The van der Waals surface area contributed by atoms with Gasteiger partial charge >= 0.3 is 0 Å². The van der Waals surface area contributed by atoms with Crippen LogP contribution in [0, 0.1) is 5.92 Å². The average Bonchev–Trinajstić information content (AvgIpc) is 2.38. The third-order valence-corrected chi connectivity index (χ3v) is 3.60. The molecule has 1 unspecified atom stereocenters. The van der Waals surface area contributed by atoms with Crippen molar-refractivity contribution in [1.82, 2.24) is 4.90 Å². The Morgan fingerprint density at radius 2 is 2.21 bits per heavy atom. The Morgan fingerprint density at radius 1 is 1.53 bits per heavy atom. The van der Waals surface area contributed by atoms with Gasteiger partial charge in [-0.15, -0.1) is 0 Å². The van der Waals surface area contributed by atoms with Crippen molar-refractivity contribution in [3.63, 3.8) is 0 Å². The highest BCUT2D eigenvalue weighted by molar-refractivity contribution is 9.10. The van der Waals surface area contributed by atoms with Crippen molar-refractivity contribution in [3.8, 4) is 5.75 Å². The fourth-order valence-corrected chi connectivity index (χ4v) is 2.36. The zero-order chi connectivity index (χ0) is 14.4. The Hall–Kier alpha value is -1.07. The number of nitrogens with zero attached hydrogens (tertiary/aromatic N) is 1. The Balaban J connectivity index is 2.64. The third kappa shape index (κ3) is 4.84. The van der Waals surface area contributed by atoms with E-state index in [2.05, 4.69) is 15.9 Å². The highest BCUT2D eigenvalue weighted by atomic mass is 79.9. The number of amides is 1. The molecule has 0 radical (unpaired) electrons. The molecule has 0 aliphatic heterocycles. The van der Waals surface area contributed by atoms with Gasteiger partial charge in [0.15, 0.2) is 0 Å². The van der Waals surface area contributed by atoms with Crippen LogP contribution in [0.15, 0.2) is 22.7 Å². The van der Waals surface area contributed by atoms with E-state index in [1.54, 1.807) is 12.0 Å². The summed E-state index contributed by atoms with van der Waals surface area (Å²) in [5, 5.41) is 0. The molecule has 1 amide bonds. The quantitative estimate of drug-likeness (QED) is 0.869. The number of nitrogens with two attached hydrogens (primary N) is 1. The Bertz CT molecular complexity index is 437. The first-order chi connectivity index (χ1) is 8.97. The second kappa shape index (κ2) is 7.50. The summed E-state index contributed by atoms with van der Waals surface area (Å²) in [4.78, 5) is 13.8. The molecule has 0 saturated carbocycles. The van der Waals surface area contributed by atoms with Gasteiger partial charge in [-0.05, 0) is 46.1 Å². The first-order valence-electron chi connectivity index (χ1n) is 6.24. The molecule has 0 heterocycles. The first-order valence-corrected chi connectivity index (χ1v) is 7.03. The number of carbonyl (C=O) groups is 1. The molecular weight excluding hydrogens is 308 g/mol. The molecule has 0 fully saturated rings. The Kier molecular flexibility index (Phi) is 6.31. The molecule has 0 aliphatic carbocycles. The second-order valence-corrected chi connectivity index (χ2v) is 5.62. The fraction of sp³-hybridized carbons (Fsp3) is 0.500. The molecule has 0 bridgehead atoms. The van der Waals surface area contributed by atoms with Gasteiger partial charge in [0.1, 0.15) is 5.75 Å². The number of likely N-dealkylation sites (N-methyl/N-ethyl adjacent to an activating group) is 1. The maximum Gasteiger partial charge on any atom is 0.226 e. The zero-order valence-electron chi connectivity index (χ0n) is 11.6. The SMILES string of the molecule is COc1ccc(CC(=O)N(C)CC(C)CN)cc1Br. The lowest BCUT2D eigenvalue weighted by atomic mass is 10.1. The monoisotopic (exact) mass is 328 g/mol. The maximum atomic E-state index is 12.1. The van der Waals surface area contributed by atoms with Crippen LogP contribution in [0.5, 0.6) is 5.75 Å². The predicted molar refractivity (Wildman–Crippen MR) is 80.3 cm³/mol. The van der Waals surface area contributed by atoms with E-state index in [0.717, 1.165) is 15.8 Å². The third-order valence-electron chi connectivity index (χ3n) is 2.99. The number of hydrogen-bond acceptors (Lipinski definition) is 3. The lowest BCUT2D eigenvalue weighted by Gasteiger charge is -2.20. The van der Waals surface area contributed by atoms with E-state index in [0.29, 0.717) is 25.4 Å². The van der Waals surface area contributed by atoms with Crippen LogP contribution in [0.3, 0.4) is 0 Å². The summed E-state index contributed by atoms with van der Waals surface area (Å²) in [6.07, 6.45) is 0.385. The number of carbonyl (C=O) groups excluding carboxylic acids is 1. The lowest BCUT2D eigenvalue weighted by Crippen LogP contribution is -2.34. The van der Waals surface area contributed by atoms with E-state index in [4.69, 9.17) is 10.5 Å². The molecular formula is C14H21BrN2O2. The number of ether oxygens (including phenoxy) is 1. The van der Waals surface area contributed by atoms with Gasteiger partial charge in [-0.25, -0.2) is 0 Å². The number of benzene rings is 1. The Morgan fingerprint density at radius 3 is 2.74 bits per heavy atom. The molecule has 0 aromatic heterocycles. The topological polar surface area (TPSA) is 55.6 Å². The van der Waals surface area contributed by atoms with Gasteiger partial charge in [0, 0.05) is 13.6 Å². The summed E-state index contributed by atoms with van der Waals surface area (Å²) >= 11 is 3.42. The van der Waals surface area contributed by atoms with Crippen molar-refractivity contribution in [2.45, 2.75) is 13.3 Å². The van der Waals surface area contributed by atoms with Gasteiger partial charge in [0.05, 0.1) is 18.0 Å². The maximum absolute atomic E-state index is 12.1. The summed E-state index contributed by atoms with van der Waals surface area (Å²) in [5.41, 5.74) is 6.53. The summed E-state index contributed by atoms with van der Waals surface area (Å²) in [5.74, 6) is 1.18.